The number of nitrogens with zero attached hydrogens (tertiary/aromatic N) is 1. The molecule has 0 amide bonds. The van der Waals surface area contributed by atoms with E-state index < -0.39 is 0 Å². The summed E-state index contributed by atoms with van der Waals surface area (Å²) < 4.78 is 0. The third kappa shape index (κ3) is 1.13. The summed E-state index contributed by atoms with van der Waals surface area (Å²) in [4.78, 5) is 4.63. The lowest BCUT2D eigenvalue weighted by Crippen LogP contribution is -2.45. The van der Waals surface area contributed by atoms with Crippen LogP contribution < -0.4 is 5.32 Å². The van der Waals surface area contributed by atoms with Gasteiger partial charge in [-0.15, -0.1) is 11.3 Å². The molecule has 1 saturated heterocycles. The van der Waals surface area contributed by atoms with Crippen molar-refractivity contribution in [1.82, 2.24) is 10.2 Å². The van der Waals surface area contributed by atoms with Gasteiger partial charge in [-0.25, -0.2) is 0 Å². The van der Waals surface area contributed by atoms with Crippen LogP contribution in [0.1, 0.15) is 16.0 Å². The maximum absolute atomic E-state index is 5.65. The summed E-state index contributed by atoms with van der Waals surface area (Å²) in [7, 11) is 0. The molecule has 1 aromatic heterocycles. The fraction of sp³-hybridized carbons (Fsp3) is 0.214. The molecule has 3 heterocycles. The lowest BCUT2D eigenvalue weighted by Gasteiger charge is -2.33. The standard InChI is InChI=1S/C14H12N2S2/c17-13-10-4-1-2-5-11(10)14(12-6-3-9-18-12)15-7-8-16(13)14/h1-6,9,15H,7-8H2. The van der Waals surface area contributed by atoms with Crippen molar-refractivity contribution in [2.75, 3.05) is 13.1 Å². The molecule has 2 aliphatic rings. The second-order valence-corrected chi connectivity index (χ2v) is 5.95. The molecule has 2 aliphatic heterocycles. The molecule has 2 nitrogen and oxygen atoms in total. The van der Waals surface area contributed by atoms with E-state index in [1.54, 1.807) is 11.3 Å². The summed E-state index contributed by atoms with van der Waals surface area (Å²) in [6.07, 6.45) is 0. The Balaban J connectivity index is 2.03. The first-order valence-electron chi connectivity index (χ1n) is 6.04. The van der Waals surface area contributed by atoms with Crippen LogP contribution in [0.4, 0.5) is 0 Å². The summed E-state index contributed by atoms with van der Waals surface area (Å²) in [6, 6.07) is 12.8. The first-order valence-corrected chi connectivity index (χ1v) is 7.33. The highest BCUT2D eigenvalue weighted by Crippen LogP contribution is 2.45. The summed E-state index contributed by atoms with van der Waals surface area (Å²) in [5.74, 6) is 0. The van der Waals surface area contributed by atoms with Crippen LogP contribution in [0.25, 0.3) is 0 Å². The summed E-state index contributed by atoms with van der Waals surface area (Å²) in [5, 5.41) is 5.80. The van der Waals surface area contributed by atoms with Crippen LogP contribution >= 0.6 is 23.6 Å². The van der Waals surface area contributed by atoms with Gasteiger partial charge < -0.3 is 4.90 Å². The SMILES string of the molecule is S=C1c2ccccc2C2(c3cccs3)NCCN12. The summed E-state index contributed by atoms with van der Waals surface area (Å²) in [6.45, 7) is 1.96. The molecule has 1 fully saturated rings. The zero-order valence-electron chi connectivity index (χ0n) is 9.72. The van der Waals surface area contributed by atoms with Gasteiger partial charge in [0.25, 0.3) is 0 Å². The molecule has 0 spiro atoms. The van der Waals surface area contributed by atoms with Crippen LogP contribution in [0.2, 0.25) is 0 Å². The molecule has 1 atom stereocenters. The van der Waals surface area contributed by atoms with Crippen molar-refractivity contribution in [3.05, 3.63) is 57.8 Å². The van der Waals surface area contributed by atoms with E-state index >= 15 is 0 Å². The minimum atomic E-state index is -0.207. The van der Waals surface area contributed by atoms with E-state index in [2.05, 4.69) is 52.0 Å². The van der Waals surface area contributed by atoms with Crippen LogP contribution in [0.3, 0.4) is 0 Å². The zero-order chi connectivity index (χ0) is 12.2. The fourth-order valence-corrected chi connectivity index (χ4v) is 4.40. The predicted molar refractivity (Wildman–Crippen MR) is 77.9 cm³/mol. The average Bonchev–Trinajstić information content (AvgIpc) is 3.09. The molecule has 0 saturated carbocycles. The van der Waals surface area contributed by atoms with Gasteiger partial charge in [-0.05, 0) is 11.4 Å². The van der Waals surface area contributed by atoms with Crippen molar-refractivity contribution < 1.29 is 0 Å². The van der Waals surface area contributed by atoms with Gasteiger partial charge in [0.1, 0.15) is 4.99 Å². The Labute approximate surface area is 115 Å². The lowest BCUT2D eigenvalue weighted by molar-refractivity contribution is 0.287. The van der Waals surface area contributed by atoms with Crippen LogP contribution in [0.15, 0.2) is 41.8 Å². The number of thiophene rings is 1. The molecule has 4 heteroatoms. The molecule has 4 rings (SSSR count). The molecule has 1 unspecified atom stereocenters. The van der Waals surface area contributed by atoms with Gasteiger partial charge in [-0.3, -0.25) is 5.32 Å². The normalized spacial score (nSPS) is 25.3. The molecule has 0 aliphatic carbocycles. The van der Waals surface area contributed by atoms with Crippen molar-refractivity contribution in [2.24, 2.45) is 0 Å². The molecular formula is C14H12N2S2. The van der Waals surface area contributed by atoms with Crippen LogP contribution in [-0.4, -0.2) is 23.0 Å². The topological polar surface area (TPSA) is 15.3 Å². The number of rotatable bonds is 1. The lowest BCUT2D eigenvalue weighted by atomic mass is 9.97. The molecule has 0 bridgehead atoms. The van der Waals surface area contributed by atoms with Gasteiger partial charge >= 0.3 is 0 Å². The Kier molecular flexibility index (Phi) is 2.15. The van der Waals surface area contributed by atoms with Crippen molar-refractivity contribution in [3.8, 4) is 0 Å². The van der Waals surface area contributed by atoms with E-state index in [1.165, 1.54) is 16.0 Å². The van der Waals surface area contributed by atoms with Gasteiger partial charge in [0.15, 0.2) is 5.66 Å². The number of hydrogen-bond donors (Lipinski definition) is 1. The van der Waals surface area contributed by atoms with Gasteiger partial charge in [0.2, 0.25) is 0 Å². The minimum absolute atomic E-state index is 0.207. The highest BCUT2D eigenvalue weighted by Gasteiger charge is 2.52. The Hall–Kier alpha value is -1.23. The predicted octanol–water partition coefficient (Wildman–Crippen LogP) is 2.54. The van der Waals surface area contributed by atoms with E-state index in [1.807, 2.05) is 0 Å². The van der Waals surface area contributed by atoms with Crippen LogP contribution in [0, 0.1) is 0 Å². The molecule has 0 radical (unpaired) electrons. The summed E-state index contributed by atoms with van der Waals surface area (Å²) >= 11 is 7.44. The van der Waals surface area contributed by atoms with Crippen molar-refractivity contribution >= 4 is 28.5 Å². The maximum atomic E-state index is 5.65. The molecular weight excluding hydrogens is 260 g/mol. The van der Waals surface area contributed by atoms with Crippen LogP contribution in [-0.2, 0) is 5.66 Å². The van der Waals surface area contributed by atoms with Crippen molar-refractivity contribution in [1.29, 1.82) is 0 Å². The highest BCUT2D eigenvalue weighted by molar-refractivity contribution is 7.80. The third-order valence-electron chi connectivity index (χ3n) is 3.79. The minimum Gasteiger partial charge on any atom is -0.334 e. The number of fused-ring (bicyclic) bond motifs is 3. The molecule has 2 aromatic rings. The number of nitrogens with one attached hydrogen (secondary N) is 1. The van der Waals surface area contributed by atoms with Crippen molar-refractivity contribution in [3.63, 3.8) is 0 Å². The number of hydrogen-bond acceptors (Lipinski definition) is 3. The number of benzene rings is 1. The Morgan fingerprint density at radius 3 is 2.94 bits per heavy atom. The number of thiocarbonyl (C=S) groups is 1. The molecule has 1 N–H and O–H groups in total. The van der Waals surface area contributed by atoms with E-state index in [-0.39, 0.29) is 5.66 Å². The largest absolute Gasteiger partial charge is 0.334 e. The molecule has 1 aromatic carbocycles. The van der Waals surface area contributed by atoms with Gasteiger partial charge in [-0.2, -0.15) is 0 Å². The van der Waals surface area contributed by atoms with Gasteiger partial charge in [0.05, 0.1) is 0 Å². The van der Waals surface area contributed by atoms with Gasteiger partial charge in [0, 0.05) is 29.1 Å². The van der Waals surface area contributed by atoms with Crippen LogP contribution in [0.5, 0.6) is 0 Å². The highest BCUT2D eigenvalue weighted by atomic mass is 32.1. The van der Waals surface area contributed by atoms with Crippen molar-refractivity contribution in [2.45, 2.75) is 5.66 Å². The smallest absolute Gasteiger partial charge is 0.154 e. The maximum Gasteiger partial charge on any atom is 0.154 e. The Bertz CT molecular complexity index is 620. The Morgan fingerprint density at radius 2 is 2.11 bits per heavy atom. The Morgan fingerprint density at radius 1 is 1.22 bits per heavy atom. The first kappa shape index (κ1) is 10.7. The van der Waals surface area contributed by atoms with Gasteiger partial charge in [-0.1, -0.05) is 42.5 Å². The quantitative estimate of drug-likeness (QED) is 0.803. The monoisotopic (exact) mass is 272 g/mol. The fourth-order valence-electron chi connectivity index (χ4n) is 3.07. The third-order valence-corrected chi connectivity index (χ3v) is 5.21. The first-order chi connectivity index (χ1) is 8.84. The van der Waals surface area contributed by atoms with E-state index in [0.29, 0.717) is 0 Å². The van der Waals surface area contributed by atoms with E-state index in [0.717, 1.165) is 18.1 Å². The van der Waals surface area contributed by atoms with E-state index in [4.69, 9.17) is 12.2 Å². The summed E-state index contributed by atoms with van der Waals surface area (Å²) in [5.41, 5.74) is 2.30. The average molecular weight is 272 g/mol. The zero-order valence-corrected chi connectivity index (χ0v) is 11.4. The van der Waals surface area contributed by atoms with E-state index in [9.17, 15) is 0 Å². The molecule has 90 valence electrons. The second kappa shape index (κ2) is 3.63. The molecule has 18 heavy (non-hydrogen) atoms. The second-order valence-electron chi connectivity index (χ2n) is 4.62.